The third-order valence-electron chi connectivity index (χ3n) is 3.23. The average Bonchev–Trinajstić information content (AvgIpc) is 2.91. The minimum Gasteiger partial charge on any atom is -0.313 e. The number of hydrogen-bond donors (Lipinski definition) is 1. The lowest BCUT2D eigenvalue weighted by molar-refractivity contribution is 0.239. The number of thiazole rings is 1. The van der Waals surface area contributed by atoms with Crippen molar-refractivity contribution in [1.82, 2.24) is 15.2 Å². The standard InChI is InChI=1S/C13H23N3S/c1-3-7-16(8-12-5-4-6-14-12)9-13-10-17-11(2)15-13/h10,12,14H,3-9H2,1-2H3. The molecule has 0 bridgehead atoms. The highest BCUT2D eigenvalue weighted by Gasteiger charge is 2.18. The van der Waals surface area contributed by atoms with Gasteiger partial charge < -0.3 is 5.32 Å². The first-order chi connectivity index (χ1) is 8.28. The predicted octanol–water partition coefficient (Wildman–Crippen LogP) is 2.42. The molecule has 2 heterocycles. The van der Waals surface area contributed by atoms with Crippen LogP contribution < -0.4 is 5.32 Å². The van der Waals surface area contributed by atoms with Crippen LogP contribution >= 0.6 is 11.3 Å². The number of nitrogens with zero attached hydrogens (tertiary/aromatic N) is 2. The second kappa shape index (κ2) is 6.47. The summed E-state index contributed by atoms with van der Waals surface area (Å²) >= 11 is 1.75. The molecule has 1 saturated heterocycles. The Balaban J connectivity index is 1.87. The van der Waals surface area contributed by atoms with Crippen LogP contribution in [0.4, 0.5) is 0 Å². The van der Waals surface area contributed by atoms with E-state index in [0.29, 0.717) is 6.04 Å². The van der Waals surface area contributed by atoms with Crippen molar-refractivity contribution in [1.29, 1.82) is 0 Å². The number of nitrogens with one attached hydrogen (secondary N) is 1. The molecule has 1 unspecified atom stereocenters. The summed E-state index contributed by atoms with van der Waals surface area (Å²) in [6.45, 7) is 8.88. The van der Waals surface area contributed by atoms with Crippen LogP contribution in [0.2, 0.25) is 0 Å². The molecule has 1 N–H and O–H groups in total. The molecule has 0 amide bonds. The summed E-state index contributed by atoms with van der Waals surface area (Å²) in [4.78, 5) is 7.10. The summed E-state index contributed by atoms with van der Waals surface area (Å²) in [5, 5.41) is 6.95. The normalized spacial score (nSPS) is 20.3. The topological polar surface area (TPSA) is 28.2 Å². The van der Waals surface area contributed by atoms with E-state index in [1.165, 1.54) is 49.6 Å². The van der Waals surface area contributed by atoms with E-state index < -0.39 is 0 Å². The van der Waals surface area contributed by atoms with Gasteiger partial charge in [0, 0.05) is 24.5 Å². The van der Waals surface area contributed by atoms with Crippen LogP contribution in [0.3, 0.4) is 0 Å². The Morgan fingerprint density at radius 1 is 1.59 bits per heavy atom. The Kier molecular flexibility index (Phi) is 4.95. The van der Waals surface area contributed by atoms with Gasteiger partial charge in [-0.15, -0.1) is 11.3 Å². The van der Waals surface area contributed by atoms with Crippen molar-refractivity contribution in [2.75, 3.05) is 19.6 Å². The Labute approximate surface area is 108 Å². The summed E-state index contributed by atoms with van der Waals surface area (Å²) in [5.74, 6) is 0. The van der Waals surface area contributed by atoms with Crippen LogP contribution in [-0.4, -0.2) is 35.6 Å². The summed E-state index contributed by atoms with van der Waals surface area (Å²) in [6.07, 6.45) is 3.88. The number of aromatic nitrogens is 1. The lowest BCUT2D eigenvalue weighted by atomic mass is 10.2. The van der Waals surface area contributed by atoms with Crippen LogP contribution in [0.25, 0.3) is 0 Å². The minimum atomic E-state index is 0.696. The maximum atomic E-state index is 4.56. The Hall–Kier alpha value is -0.450. The maximum Gasteiger partial charge on any atom is 0.0897 e. The highest BCUT2D eigenvalue weighted by atomic mass is 32.1. The lowest BCUT2D eigenvalue weighted by Gasteiger charge is -2.24. The zero-order chi connectivity index (χ0) is 12.1. The van der Waals surface area contributed by atoms with Crippen molar-refractivity contribution in [2.45, 2.75) is 45.7 Å². The third-order valence-corrected chi connectivity index (χ3v) is 4.06. The molecule has 1 aliphatic heterocycles. The number of aryl methyl sites for hydroxylation is 1. The highest BCUT2D eigenvalue weighted by molar-refractivity contribution is 7.09. The summed E-state index contributed by atoms with van der Waals surface area (Å²) in [7, 11) is 0. The first-order valence-electron chi connectivity index (χ1n) is 6.64. The van der Waals surface area contributed by atoms with Crippen molar-refractivity contribution >= 4 is 11.3 Å². The minimum absolute atomic E-state index is 0.696. The van der Waals surface area contributed by atoms with Gasteiger partial charge in [0.1, 0.15) is 0 Å². The van der Waals surface area contributed by atoms with E-state index in [4.69, 9.17) is 0 Å². The number of rotatable bonds is 6. The van der Waals surface area contributed by atoms with Crippen LogP contribution in [0.15, 0.2) is 5.38 Å². The molecular weight excluding hydrogens is 230 g/mol. The molecule has 1 fully saturated rings. The largest absolute Gasteiger partial charge is 0.313 e. The third kappa shape index (κ3) is 4.05. The fourth-order valence-corrected chi connectivity index (χ4v) is 3.09. The van der Waals surface area contributed by atoms with Crippen molar-refractivity contribution in [3.63, 3.8) is 0 Å². The van der Waals surface area contributed by atoms with E-state index in [0.717, 1.165) is 6.54 Å². The van der Waals surface area contributed by atoms with Crippen molar-refractivity contribution in [2.24, 2.45) is 0 Å². The van der Waals surface area contributed by atoms with Crippen molar-refractivity contribution < 1.29 is 0 Å². The van der Waals surface area contributed by atoms with Gasteiger partial charge in [-0.1, -0.05) is 6.92 Å². The van der Waals surface area contributed by atoms with Gasteiger partial charge in [0.25, 0.3) is 0 Å². The van der Waals surface area contributed by atoms with Gasteiger partial charge in [0.05, 0.1) is 10.7 Å². The second-order valence-electron chi connectivity index (χ2n) is 4.89. The first kappa shape index (κ1) is 13.0. The van der Waals surface area contributed by atoms with Crippen LogP contribution in [0, 0.1) is 6.92 Å². The van der Waals surface area contributed by atoms with Gasteiger partial charge in [-0.05, 0) is 39.3 Å². The molecule has 96 valence electrons. The Bertz CT molecular complexity index is 331. The average molecular weight is 253 g/mol. The van der Waals surface area contributed by atoms with Gasteiger partial charge in [0.2, 0.25) is 0 Å². The van der Waals surface area contributed by atoms with Gasteiger partial charge in [-0.3, -0.25) is 4.90 Å². The zero-order valence-corrected chi connectivity index (χ0v) is 11.7. The first-order valence-corrected chi connectivity index (χ1v) is 7.52. The molecular formula is C13H23N3S. The SMILES string of the molecule is CCCN(Cc1csc(C)n1)CC1CCCN1. The van der Waals surface area contributed by atoms with E-state index in [9.17, 15) is 0 Å². The molecule has 0 saturated carbocycles. The zero-order valence-electron chi connectivity index (χ0n) is 10.9. The maximum absolute atomic E-state index is 4.56. The van der Waals surface area contributed by atoms with Crippen LogP contribution in [0.1, 0.15) is 36.9 Å². The molecule has 0 spiro atoms. The smallest absolute Gasteiger partial charge is 0.0897 e. The van der Waals surface area contributed by atoms with E-state index in [-0.39, 0.29) is 0 Å². The van der Waals surface area contributed by atoms with Gasteiger partial charge in [-0.25, -0.2) is 4.98 Å². The summed E-state index contributed by atoms with van der Waals surface area (Å²) in [5.41, 5.74) is 1.24. The predicted molar refractivity (Wildman–Crippen MR) is 73.4 cm³/mol. The molecule has 2 rings (SSSR count). The Morgan fingerprint density at radius 3 is 3.06 bits per heavy atom. The van der Waals surface area contributed by atoms with E-state index in [2.05, 4.69) is 34.4 Å². The van der Waals surface area contributed by atoms with Gasteiger partial charge >= 0.3 is 0 Å². The fourth-order valence-electron chi connectivity index (χ4n) is 2.49. The number of hydrogen-bond acceptors (Lipinski definition) is 4. The van der Waals surface area contributed by atoms with E-state index in [1.54, 1.807) is 11.3 Å². The van der Waals surface area contributed by atoms with E-state index >= 15 is 0 Å². The summed E-state index contributed by atoms with van der Waals surface area (Å²) in [6, 6.07) is 0.696. The van der Waals surface area contributed by atoms with Crippen LogP contribution in [0.5, 0.6) is 0 Å². The summed E-state index contributed by atoms with van der Waals surface area (Å²) < 4.78 is 0. The molecule has 4 heteroatoms. The molecule has 1 aliphatic rings. The monoisotopic (exact) mass is 253 g/mol. The van der Waals surface area contributed by atoms with Crippen molar-refractivity contribution in [3.8, 4) is 0 Å². The van der Waals surface area contributed by atoms with Gasteiger partial charge in [0.15, 0.2) is 0 Å². The lowest BCUT2D eigenvalue weighted by Crippen LogP contribution is -2.37. The van der Waals surface area contributed by atoms with E-state index in [1.807, 2.05) is 0 Å². The van der Waals surface area contributed by atoms with Gasteiger partial charge in [-0.2, -0.15) is 0 Å². The molecule has 0 aliphatic carbocycles. The Morgan fingerprint density at radius 2 is 2.47 bits per heavy atom. The fraction of sp³-hybridized carbons (Fsp3) is 0.769. The molecule has 17 heavy (non-hydrogen) atoms. The quantitative estimate of drug-likeness (QED) is 0.844. The molecule has 0 radical (unpaired) electrons. The van der Waals surface area contributed by atoms with Crippen LogP contribution in [-0.2, 0) is 6.54 Å². The molecule has 0 aromatic carbocycles. The van der Waals surface area contributed by atoms with Crippen molar-refractivity contribution in [3.05, 3.63) is 16.1 Å². The highest BCUT2D eigenvalue weighted by Crippen LogP contribution is 2.13. The molecule has 3 nitrogen and oxygen atoms in total. The molecule has 1 aromatic rings. The molecule has 1 aromatic heterocycles. The molecule has 1 atom stereocenters. The second-order valence-corrected chi connectivity index (χ2v) is 5.95.